The molecule has 4 rings (SSSR count). The molecule has 0 radical (unpaired) electrons. The Balaban J connectivity index is 1.34. The van der Waals surface area contributed by atoms with Crippen LogP contribution in [0.1, 0.15) is 41.6 Å². The van der Waals surface area contributed by atoms with E-state index < -0.39 is 5.41 Å². The zero-order chi connectivity index (χ0) is 23.3. The summed E-state index contributed by atoms with van der Waals surface area (Å²) >= 11 is 0. The van der Waals surface area contributed by atoms with Crippen LogP contribution in [0.3, 0.4) is 0 Å². The van der Waals surface area contributed by atoms with E-state index in [1.54, 1.807) is 24.4 Å². The number of allylic oxidation sites excluding steroid dienone is 1. The first-order chi connectivity index (χ1) is 16.0. The smallest absolute Gasteiger partial charge is 0.243 e. The first kappa shape index (κ1) is 22.8. The van der Waals surface area contributed by atoms with E-state index in [1.807, 2.05) is 31.2 Å². The second-order valence-corrected chi connectivity index (χ2v) is 8.66. The van der Waals surface area contributed by atoms with Crippen LogP contribution in [0.5, 0.6) is 0 Å². The summed E-state index contributed by atoms with van der Waals surface area (Å²) in [6.45, 7) is 2.61. The Morgan fingerprint density at radius 1 is 1.06 bits per heavy atom. The lowest BCUT2D eigenvalue weighted by molar-refractivity contribution is -0.116. The van der Waals surface area contributed by atoms with Crippen molar-refractivity contribution in [3.05, 3.63) is 113 Å². The van der Waals surface area contributed by atoms with Crippen molar-refractivity contribution in [2.24, 2.45) is 5.92 Å². The van der Waals surface area contributed by atoms with Gasteiger partial charge >= 0.3 is 0 Å². The molecule has 5 heteroatoms. The number of halogens is 2. The predicted octanol–water partition coefficient (Wildman–Crippen LogP) is 5.67. The third-order valence-electron chi connectivity index (χ3n) is 6.46. The normalized spacial score (nSPS) is 16.6. The van der Waals surface area contributed by atoms with Gasteiger partial charge in [-0.1, -0.05) is 36.4 Å². The Hall–Kier alpha value is -3.34. The van der Waals surface area contributed by atoms with Gasteiger partial charge in [0.25, 0.3) is 0 Å². The van der Waals surface area contributed by atoms with Crippen LogP contribution in [-0.2, 0) is 16.6 Å². The number of aryl methyl sites for hydroxylation is 2. The van der Waals surface area contributed by atoms with Gasteiger partial charge in [-0.3, -0.25) is 9.78 Å². The van der Waals surface area contributed by atoms with Crippen molar-refractivity contribution in [1.29, 1.82) is 0 Å². The minimum Gasteiger partial charge on any atom is -0.353 e. The van der Waals surface area contributed by atoms with Gasteiger partial charge in [0.2, 0.25) is 5.91 Å². The second kappa shape index (κ2) is 10.1. The van der Waals surface area contributed by atoms with E-state index in [0.717, 1.165) is 36.1 Å². The van der Waals surface area contributed by atoms with Crippen LogP contribution in [0.15, 0.2) is 79.0 Å². The zero-order valence-corrected chi connectivity index (χ0v) is 18.7. The molecule has 1 atom stereocenters. The minimum absolute atomic E-state index is 0.000376. The Labute approximate surface area is 193 Å². The van der Waals surface area contributed by atoms with Crippen molar-refractivity contribution < 1.29 is 13.6 Å². The summed E-state index contributed by atoms with van der Waals surface area (Å²) in [4.78, 5) is 16.6. The number of hydrogen-bond acceptors (Lipinski definition) is 2. The summed E-state index contributed by atoms with van der Waals surface area (Å²) in [6.07, 6.45) is 8.71. The lowest BCUT2D eigenvalue weighted by Gasteiger charge is -2.18. The van der Waals surface area contributed by atoms with Gasteiger partial charge in [0, 0.05) is 23.9 Å². The third kappa shape index (κ3) is 5.36. The number of carbonyl (C=O) groups excluding carboxylic acids is 1. The van der Waals surface area contributed by atoms with Crippen LogP contribution in [0.4, 0.5) is 8.78 Å². The molecule has 1 amide bonds. The Bertz CT molecular complexity index is 1110. The third-order valence-corrected chi connectivity index (χ3v) is 6.46. The monoisotopic (exact) mass is 446 g/mol. The summed E-state index contributed by atoms with van der Waals surface area (Å²) in [5, 5.41) is 2.93. The number of hydrogen-bond donors (Lipinski definition) is 1. The highest BCUT2D eigenvalue weighted by Crippen LogP contribution is 2.59. The molecule has 33 heavy (non-hydrogen) atoms. The van der Waals surface area contributed by atoms with Gasteiger partial charge in [0.15, 0.2) is 0 Å². The number of nitrogens with one attached hydrogen (secondary N) is 1. The fourth-order valence-electron chi connectivity index (χ4n) is 4.58. The summed E-state index contributed by atoms with van der Waals surface area (Å²) in [7, 11) is 0. The fourth-order valence-corrected chi connectivity index (χ4v) is 4.58. The van der Waals surface area contributed by atoms with Crippen LogP contribution in [0, 0.1) is 24.5 Å². The maximum atomic E-state index is 13.9. The number of unbranched alkanes of at least 4 members (excludes halogenated alkanes) is 1. The van der Waals surface area contributed by atoms with Gasteiger partial charge in [0.1, 0.15) is 11.6 Å². The van der Waals surface area contributed by atoms with E-state index in [1.165, 1.54) is 29.8 Å². The largest absolute Gasteiger partial charge is 0.353 e. The summed E-state index contributed by atoms with van der Waals surface area (Å²) in [6, 6.07) is 16.9. The van der Waals surface area contributed by atoms with Gasteiger partial charge in [-0.25, -0.2) is 8.78 Å². The molecule has 0 unspecified atom stereocenters. The summed E-state index contributed by atoms with van der Waals surface area (Å²) < 4.78 is 27.9. The number of amides is 1. The zero-order valence-electron chi connectivity index (χ0n) is 18.7. The molecule has 1 aromatic heterocycles. The molecule has 2 aromatic carbocycles. The molecule has 1 heterocycles. The highest BCUT2D eigenvalue weighted by Gasteiger charge is 2.55. The van der Waals surface area contributed by atoms with Crippen molar-refractivity contribution in [2.45, 2.75) is 38.0 Å². The second-order valence-electron chi connectivity index (χ2n) is 8.66. The van der Waals surface area contributed by atoms with E-state index in [0.29, 0.717) is 13.0 Å². The topological polar surface area (TPSA) is 42.0 Å². The van der Waals surface area contributed by atoms with Gasteiger partial charge in [0.05, 0.1) is 0 Å². The van der Waals surface area contributed by atoms with Crippen molar-refractivity contribution in [3.63, 3.8) is 0 Å². The Kier molecular flexibility index (Phi) is 6.97. The number of pyridine rings is 1. The molecule has 0 aliphatic heterocycles. The van der Waals surface area contributed by atoms with Gasteiger partial charge < -0.3 is 5.32 Å². The standard InChI is InChI=1S/C28H28F2N2O/c1-20-21(8-6-16-31-20)7-2-3-15-32-27(33)14-13-24-19-28(24,22-9-4-11-25(29)17-22)23-10-5-12-26(30)18-23/h4-6,8-14,16-18,24H,2-3,7,15,19H2,1H3,(H,32,33)/b14-13+/t24-/m1/s1. The number of nitrogens with zero attached hydrogens (tertiary/aromatic N) is 1. The van der Waals surface area contributed by atoms with E-state index in [4.69, 9.17) is 0 Å². The van der Waals surface area contributed by atoms with Gasteiger partial charge in [-0.15, -0.1) is 0 Å². The average Bonchev–Trinajstić information content (AvgIpc) is 3.54. The molecule has 0 saturated heterocycles. The Morgan fingerprint density at radius 2 is 1.76 bits per heavy atom. The molecule has 1 fully saturated rings. The van der Waals surface area contributed by atoms with Crippen LogP contribution in [0.25, 0.3) is 0 Å². The molecule has 1 saturated carbocycles. The first-order valence-corrected chi connectivity index (χ1v) is 11.4. The fraction of sp³-hybridized carbons (Fsp3) is 0.286. The van der Waals surface area contributed by atoms with Crippen molar-refractivity contribution in [1.82, 2.24) is 10.3 Å². The van der Waals surface area contributed by atoms with Crippen molar-refractivity contribution in [2.75, 3.05) is 6.54 Å². The molecule has 3 aromatic rings. The van der Waals surface area contributed by atoms with E-state index in [9.17, 15) is 13.6 Å². The van der Waals surface area contributed by atoms with Gasteiger partial charge in [-0.2, -0.15) is 0 Å². The maximum absolute atomic E-state index is 13.9. The highest BCUT2D eigenvalue weighted by molar-refractivity contribution is 5.87. The molecule has 1 aliphatic rings. The summed E-state index contributed by atoms with van der Waals surface area (Å²) in [5.41, 5.74) is 3.38. The lowest BCUT2D eigenvalue weighted by atomic mass is 9.85. The molecule has 3 nitrogen and oxygen atoms in total. The maximum Gasteiger partial charge on any atom is 0.243 e. The minimum atomic E-state index is -0.511. The first-order valence-electron chi connectivity index (χ1n) is 11.4. The SMILES string of the molecule is Cc1ncccc1CCCCNC(=O)/C=C/[C@@H]1CC1(c1cccc(F)c1)c1cccc(F)c1. The molecular weight excluding hydrogens is 418 g/mol. The molecule has 1 N–H and O–H groups in total. The number of aromatic nitrogens is 1. The van der Waals surface area contributed by atoms with Gasteiger partial charge in [-0.05, 0) is 91.6 Å². The van der Waals surface area contributed by atoms with Crippen LogP contribution >= 0.6 is 0 Å². The van der Waals surface area contributed by atoms with E-state index >= 15 is 0 Å². The molecule has 0 spiro atoms. The molecule has 0 bridgehead atoms. The molecular formula is C28H28F2N2O. The van der Waals surface area contributed by atoms with Crippen LogP contribution in [-0.4, -0.2) is 17.4 Å². The number of carbonyl (C=O) groups is 1. The molecule has 170 valence electrons. The van der Waals surface area contributed by atoms with E-state index in [2.05, 4.69) is 16.4 Å². The van der Waals surface area contributed by atoms with Crippen LogP contribution < -0.4 is 5.32 Å². The number of rotatable bonds is 9. The highest BCUT2D eigenvalue weighted by atomic mass is 19.1. The summed E-state index contributed by atoms with van der Waals surface area (Å²) in [5.74, 6) is -0.790. The van der Waals surface area contributed by atoms with E-state index in [-0.39, 0.29) is 23.5 Å². The number of benzene rings is 2. The molecule has 1 aliphatic carbocycles. The van der Waals surface area contributed by atoms with Crippen molar-refractivity contribution >= 4 is 5.91 Å². The van der Waals surface area contributed by atoms with Crippen molar-refractivity contribution in [3.8, 4) is 0 Å². The predicted molar refractivity (Wildman–Crippen MR) is 126 cm³/mol. The lowest BCUT2D eigenvalue weighted by Crippen LogP contribution is -2.22. The van der Waals surface area contributed by atoms with Crippen LogP contribution in [0.2, 0.25) is 0 Å². The average molecular weight is 447 g/mol. The Morgan fingerprint density at radius 3 is 2.39 bits per heavy atom. The quantitative estimate of drug-likeness (QED) is 0.340.